The molecule has 0 bridgehead atoms. The first kappa shape index (κ1) is 10.9. The molecule has 0 saturated heterocycles. The van der Waals surface area contributed by atoms with Gasteiger partial charge in [0.05, 0.1) is 0 Å². The predicted octanol–water partition coefficient (Wildman–Crippen LogP) is 2.59. The van der Waals surface area contributed by atoms with Gasteiger partial charge in [0.2, 0.25) is 0 Å². The Morgan fingerprint density at radius 2 is 2.25 bits per heavy atom. The summed E-state index contributed by atoms with van der Waals surface area (Å²) in [7, 11) is 0. The lowest BCUT2D eigenvalue weighted by atomic mass is 10.1. The third-order valence-corrected chi connectivity index (χ3v) is 2.73. The van der Waals surface area contributed by atoms with Crippen molar-refractivity contribution in [2.24, 2.45) is 5.73 Å². The van der Waals surface area contributed by atoms with Crippen LogP contribution in [0, 0.1) is 0 Å². The molecule has 0 amide bonds. The lowest BCUT2D eigenvalue weighted by molar-refractivity contribution is 0.769. The summed E-state index contributed by atoms with van der Waals surface area (Å²) in [6.45, 7) is 5.03. The van der Waals surface area contributed by atoms with Gasteiger partial charge in [-0.05, 0) is 25.5 Å². The first-order valence-electron chi connectivity index (χ1n) is 5.59. The Morgan fingerprint density at radius 1 is 1.44 bits per heavy atom. The van der Waals surface area contributed by atoms with Crippen LogP contribution < -0.4 is 5.73 Å². The van der Waals surface area contributed by atoms with Crippen molar-refractivity contribution in [2.45, 2.75) is 26.4 Å². The SMILES string of the molecule is CCn1ccnc1-c1cccc(C(C)N)c1. The van der Waals surface area contributed by atoms with E-state index in [0.29, 0.717) is 0 Å². The van der Waals surface area contributed by atoms with E-state index < -0.39 is 0 Å². The molecule has 0 aliphatic rings. The maximum Gasteiger partial charge on any atom is 0.139 e. The largest absolute Gasteiger partial charge is 0.331 e. The van der Waals surface area contributed by atoms with E-state index in [1.807, 2.05) is 31.5 Å². The zero-order valence-corrected chi connectivity index (χ0v) is 9.72. The van der Waals surface area contributed by atoms with Gasteiger partial charge in [-0.25, -0.2) is 4.98 Å². The third kappa shape index (κ3) is 1.99. The highest BCUT2D eigenvalue weighted by atomic mass is 15.1. The van der Waals surface area contributed by atoms with Crippen LogP contribution in [0.15, 0.2) is 36.7 Å². The van der Waals surface area contributed by atoms with Crippen LogP contribution in [0.3, 0.4) is 0 Å². The summed E-state index contributed by atoms with van der Waals surface area (Å²) >= 11 is 0. The number of nitrogens with zero attached hydrogens (tertiary/aromatic N) is 2. The van der Waals surface area contributed by atoms with Gasteiger partial charge in [0, 0.05) is 30.5 Å². The van der Waals surface area contributed by atoms with Crippen LogP contribution in [-0.2, 0) is 6.54 Å². The van der Waals surface area contributed by atoms with Crippen molar-refractivity contribution in [1.82, 2.24) is 9.55 Å². The van der Waals surface area contributed by atoms with Gasteiger partial charge in [0.1, 0.15) is 5.82 Å². The molecule has 2 rings (SSSR count). The normalized spacial score (nSPS) is 12.7. The number of aromatic nitrogens is 2. The van der Waals surface area contributed by atoms with Crippen molar-refractivity contribution in [3.63, 3.8) is 0 Å². The molecular weight excluding hydrogens is 198 g/mol. The highest BCUT2D eigenvalue weighted by Crippen LogP contribution is 2.21. The summed E-state index contributed by atoms with van der Waals surface area (Å²) in [6, 6.07) is 8.32. The average molecular weight is 215 g/mol. The summed E-state index contributed by atoms with van der Waals surface area (Å²) in [6.07, 6.45) is 3.82. The van der Waals surface area contributed by atoms with Gasteiger partial charge < -0.3 is 10.3 Å². The van der Waals surface area contributed by atoms with Gasteiger partial charge in [-0.2, -0.15) is 0 Å². The highest BCUT2D eigenvalue weighted by molar-refractivity contribution is 5.57. The number of nitrogens with two attached hydrogens (primary N) is 1. The summed E-state index contributed by atoms with van der Waals surface area (Å²) < 4.78 is 2.13. The van der Waals surface area contributed by atoms with Crippen molar-refractivity contribution < 1.29 is 0 Å². The zero-order valence-electron chi connectivity index (χ0n) is 9.72. The second-order valence-electron chi connectivity index (χ2n) is 3.95. The molecule has 1 atom stereocenters. The molecular formula is C13H17N3. The van der Waals surface area contributed by atoms with Gasteiger partial charge in [0.25, 0.3) is 0 Å². The monoisotopic (exact) mass is 215 g/mol. The molecule has 0 radical (unpaired) electrons. The quantitative estimate of drug-likeness (QED) is 0.855. The van der Waals surface area contributed by atoms with Gasteiger partial charge in [-0.3, -0.25) is 0 Å². The molecule has 0 spiro atoms. The van der Waals surface area contributed by atoms with Gasteiger partial charge in [-0.1, -0.05) is 18.2 Å². The second kappa shape index (κ2) is 4.49. The van der Waals surface area contributed by atoms with Crippen LogP contribution in [-0.4, -0.2) is 9.55 Å². The molecule has 1 heterocycles. The number of rotatable bonds is 3. The third-order valence-electron chi connectivity index (χ3n) is 2.73. The van der Waals surface area contributed by atoms with Gasteiger partial charge >= 0.3 is 0 Å². The number of hydrogen-bond donors (Lipinski definition) is 1. The van der Waals surface area contributed by atoms with Crippen molar-refractivity contribution in [1.29, 1.82) is 0 Å². The average Bonchev–Trinajstić information content (AvgIpc) is 2.77. The molecule has 3 nitrogen and oxygen atoms in total. The molecule has 2 N–H and O–H groups in total. The Bertz CT molecular complexity index is 472. The van der Waals surface area contributed by atoms with E-state index in [-0.39, 0.29) is 6.04 Å². The van der Waals surface area contributed by atoms with Gasteiger partial charge in [-0.15, -0.1) is 0 Å². The Balaban J connectivity index is 2.44. The van der Waals surface area contributed by atoms with Crippen LogP contribution in [0.2, 0.25) is 0 Å². The minimum Gasteiger partial charge on any atom is -0.331 e. The summed E-state index contributed by atoms with van der Waals surface area (Å²) in [5, 5.41) is 0. The zero-order chi connectivity index (χ0) is 11.5. The first-order chi connectivity index (χ1) is 7.72. The number of benzene rings is 1. The van der Waals surface area contributed by atoms with Crippen LogP contribution in [0.5, 0.6) is 0 Å². The van der Waals surface area contributed by atoms with Crippen molar-refractivity contribution in [3.8, 4) is 11.4 Å². The molecule has 84 valence electrons. The number of hydrogen-bond acceptors (Lipinski definition) is 2. The summed E-state index contributed by atoms with van der Waals surface area (Å²) in [5.41, 5.74) is 8.15. The smallest absolute Gasteiger partial charge is 0.139 e. The van der Waals surface area contributed by atoms with E-state index in [4.69, 9.17) is 5.73 Å². The van der Waals surface area contributed by atoms with Crippen LogP contribution in [0.4, 0.5) is 0 Å². The molecule has 3 heteroatoms. The maximum atomic E-state index is 5.88. The fourth-order valence-corrected chi connectivity index (χ4v) is 1.79. The minimum absolute atomic E-state index is 0.0602. The second-order valence-corrected chi connectivity index (χ2v) is 3.95. The lowest BCUT2D eigenvalue weighted by Gasteiger charge is -2.09. The van der Waals surface area contributed by atoms with Crippen LogP contribution >= 0.6 is 0 Å². The topological polar surface area (TPSA) is 43.8 Å². The van der Waals surface area contributed by atoms with Crippen LogP contribution in [0.1, 0.15) is 25.5 Å². The van der Waals surface area contributed by atoms with E-state index in [0.717, 1.165) is 23.5 Å². The molecule has 1 unspecified atom stereocenters. The molecule has 2 aromatic rings. The van der Waals surface area contributed by atoms with Crippen molar-refractivity contribution in [2.75, 3.05) is 0 Å². The Kier molecular flexibility index (Phi) is 3.06. The predicted molar refractivity (Wildman–Crippen MR) is 65.9 cm³/mol. The highest BCUT2D eigenvalue weighted by Gasteiger charge is 2.06. The van der Waals surface area contributed by atoms with E-state index in [1.165, 1.54) is 0 Å². The number of aryl methyl sites for hydroxylation is 1. The van der Waals surface area contributed by atoms with E-state index in [9.17, 15) is 0 Å². The summed E-state index contributed by atoms with van der Waals surface area (Å²) in [5.74, 6) is 1.00. The molecule has 0 saturated carbocycles. The fraction of sp³-hybridized carbons (Fsp3) is 0.308. The number of imidazole rings is 1. The molecule has 0 fully saturated rings. The lowest BCUT2D eigenvalue weighted by Crippen LogP contribution is -2.05. The maximum absolute atomic E-state index is 5.88. The summed E-state index contributed by atoms with van der Waals surface area (Å²) in [4.78, 5) is 4.38. The minimum atomic E-state index is 0.0602. The van der Waals surface area contributed by atoms with E-state index >= 15 is 0 Å². The Morgan fingerprint density at radius 3 is 2.94 bits per heavy atom. The van der Waals surface area contributed by atoms with Crippen LogP contribution in [0.25, 0.3) is 11.4 Å². The molecule has 0 aliphatic heterocycles. The molecule has 0 aliphatic carbocycles. The van der Waals surface area contributed by atoms with E-state index in [1.54, 1.807) is 0 Å². The van der Waals surface area contributed by atoms with Crippen molar-refractivity contribution in [3.05, 3.63) is 42.2 Å². The first-order valence-corrected chi connectivity index (χ1v) is 5.59. The molecule has 1 aromatic heterocycles. The fourth-order valence-electron chi connectivity index (χ4n) is 1.79. The van der Waals surface area contributed by atoms with E-state index in [2.05, 4.69) is 28.6 Å². The van der Waals surface area contributed by atoms with Crippen molar-refractivity contribution >= 4 is 0 Å². The molecule has 16 heavy (non-hydrogen) atoms. The Labute approximate surface area is 95.9 Å². The standard InChI is InChI=1S/C13H17N3/c1-3-16-8-7-15-13(16)12-6-4-5-11(9-12)10(2)14/h4-10H,3,14H2,1-2H3. The molecule has 1 aromatic carbocycles. The van der Waals surface area contributed by atoms with Gasteiger partial charge in [0.15, 0.2) is 0 Å². The Hall–Kier alpha value is -1.61.